The first kappa shape index (κ1) is 24.5. The van der Waals surface area contributed by atoms with E-state index in [1.54, 1.807) is 0 Å². The molecule has 5 aromatic carbocycles. The number of hydrogen-bond donors (Lipinski definition) is 0. The summed E-state index contributed by atoms with van der Waals surface area (Å²) in [6.07, 6.45) is 4.52. The average Bonchev–Trinajstić information content (AvgIpc) is 3.17. The van der Waals surface area contributed by atoms with E-state index in [4.69, 9.17) is 4.74 Å². The third-order valence-corrected chi connectivity index (χ3v) is 8.70. The van der Waals surface area contributed by atoms with E-state index >= 15 is 0 Å². The smallest absolute Gasteiger partial charge is 0.212 e. The van der Waals surface area contributed by atoms with Crippen molar-refractivity contribution in [1.29, 1.82) is 0 Å². The fourth-order valence-electron chi connectivity index (χ4n) is 6.40. The first-order valence-electron chi connectivity index (χ1n) is 14.1. The van der Waals surface area contributed by atoms with Gasteiger partial charge in [-0.2, -0.15) is 0 Å². The van der Waals surface area contributed by atoms with E-state index in [1.165, 1.54) is 44.6 Å². The van der Waals surface area contributed by atoms with Crippen LogP contribution in [-0.2, 0) is 12.0 Å². The maximum atomic E-state index is 7.00. The Bertz CT molecular complexity index is 1710. The van der Waals surface area contributed by atoms with E-state index in [1.807, 2.05) is 0 Å². The molecule has 0 bridgehead atoms. The van der Waals surface area contributed by atoms with Crippen LogP contribution in [0.15, 0.2) is 127 Å². The molecule has 0 aliphatic carbocycles. The minimum Gasteiger partial charge on any atom is -0.463 e. The van der Waals surface area contributed by atoms with Crippen LogP contribution in [0.1, 0.15) is 36.1 Å². The molecule has 7 rings (SSSR count). The molecule has 0 fully saturated rings. The van der Waals surface area contributed by atoms with Gasteiger partial charge in [-0.1, -0.05) is 109 Å². The highest BCUT2D eigenvalue weighted by molar-refractivity contribution is 5.73. The third kappa shape index (κ3) is 3.86. The van der Waals surface area contributed by atoms with Crippen LogP contribution < -0.4 is 9.64 Å². The van der Waals surface area contributed by atoms with Gasteiger partial charge in [-0.15, -0.1) is 0 Å². The molecule has 196 valence electrons. The van der Waals surface area contributed by atoms with Crippen LogP contribution in [0.25, 0.3) is 28.3 Å². The van der Waals surface area contributed by atoms with Gasteiger partial charge >= 0.3 is 0 Å². The number of nitrogens with zero attached hydrogens (tertiary/aromatic N) is 1. The number of hydrogen-bond acceptors (Lipinski definition) is 2. The normalized spacial score (nSPS) is 18.3. The minimum absolute atomic E-state index is 0.247. The highest BCUT2D eigenvalue weighted by Gasteiger charge is 2.58. The lowest BCUT2D eigenvalue weighted by Gasteiger charge is -2.47. The third-order valence-electron chi connectivity index (χ3n) is 8.70. The zero-order chi connectivity index (χ0) is 27.3. The molecule has 40 heavy (non-hydrogen) atoms. The fraction of sp³-hybridized carbons (Fsp3) is 0.158. The van der Waals surface area contributed by atoms with Crippen molar-refractivity contribution >= 4 is 11.8 Å². The molecule has 2 heterocycles. The summed E-state index contributed by atoms with van der Waals surface area (Å²) in [7, 11) is 0. The number of aryl methyl sites for hydroxylation is 1. The van der Waals surface area contributed by atoms with Gasteiger partial charge in [0.05, 0.1) is 5.41 Å². The molecule has 2 nitrogen and oxygen atoms in total. The predicted molar refractivity (Wildman–Crippen MR) is 167 cm³/mol. The zero-order valence-electron chi connectivity index (χ0n) is 23.3. The van der Waals surface area contributed by atoms with Crippen LogP contribution >= 0.6 is 0 Å². The number of anilines is 1. The maximum Gasteiger partial charge on any atom is 0.212 e. The van der Waals surface area contributed by atoms with E-state index in [2.05, 4.69) is 159 Å². The number of rotatable bonds is 4. The first-order valence-corrected chi connectivity index (χ1v) is 14.1. The van der Waals surface area contributed by atoms with Crippen LogP contribution in [-0.4, -0.2) is 5.72 Å². The van der Waals surface area contributed by atoms with Gasteiger partial charge in [-0.05, 0) is 84.5 Å². The molecule has 0 amide bonds. The van der Waals surface area contributed by atoms with Crippen molar-refractivity contribution < 1.29 is 4.74 Å². The van der Waals surface area contributed by atoms with Crippen molar-refractivity contribution in [1.82, 2.24) is 0 Å². The van der Waals surface area contributed by atoms with E-state index in [-0.39, 0.29) is 5.41 Å². The predicted octanol–water partition coefficient (Wildman–Crippen LogP) is 9.43. The van der Waals surface area contributed by atoms with Crippen molar-refractivity contribution in [2.75, 3.05) is 4.90 Å². The summed E-state index contributed by atoms with van der Waals surface area (Å²) in [6, 6.07) is 43.6. The van der Waals surface area contributed by atoms with Gasteiger partial charge in [0.2, 0.25) is 5.72 Å². The van der Waals surface area contributed by atoms with Crippen molar-refractivity contribution in [3.8, 4) is 28.0 Å². The molecular formula is C38H33NO. The zero-order valence-corrected chi connectivity index (χ0v) is 23.3. The maximum absolute atomic E-state index is 7.00. The quantitative estimate of drug-likeness (QED) is 0.234. The van der Waals surface area contributed by atoms with E-state index < -0.39 is 5.72 Å². The highest BCUT2D eigenvalue weighted by atomic mass is 16.5. The second-order valence-electron chi connectivity index (χ2n) is 11.5. The van der Waals surface area contributed by atoms with Gasteiger partial charge < -0.3 is 9.64 Å². The fourth-order valence-corrected chi connectivity index (χ4v) is 6.40. The summed E-state index contributed by atoms with van der Waals surface area (Å²) in [4.78, 5) is 2.45. The van der Waals surface area contributed by atoms with Crippen LogP contribution in [0.3, 0.4) is 0 Å². The first-order chi connectivity index (χ1) is 19.4. The Kier molecular flexibility index (Phi) is 5.68. The van der Waals surface area contributed by atoms with E-state index in [9.17, 15) is 0 Å². The molecule has 2 aliphatic heterocycles. The van der Waals surface area contributed by atoms with Crippen LogP contribution in [0.2, 0.25) is 0 Å². The van der Waals surface area contributed by atoms with E-state index in [0.717, 1.165) is 17.9 Å². The van der Waals surface area contributed by atoms with Crippen molar-refractivity contribution in [2.24, 2.45) is 0 Å². The molecule has 5 aromatic rings. The molecule has 2 heteroatoms. The SMILES string of the molecule is Cc1ccc2c(c1)C=CC1(O2)N(Cc2ccc(-c3ccc(-c4ccccc4)cc3)cc2)c2ccccc2C1(C)C. The van der Waals surface area contributed by atoms with Crippen molar-refractivity contribution in [2.45, 2.75) is 38.5 Å². The Labute approximate surface area is 237 Å². The molecule has 0 saturated carbocycles. The number of para-hydroxylation sites is 1. The Hall–Kier alpha value is -4.56. The lowest BCUT2D eigenvalue weighted by molar-refractivity contribution is 0.0521. The highest BCUT2D eigenvalue weighted by Crippen LogP contribution is 2.55. The van der Waals surface area contributed by atoms with Gasteiger partial charge in [-0.25, -0.2) is 0 Å². The molecule has 2 aliphatic rings. The van der Waals surface area contributed by atoms with Crippen molar-refractivity contribution in [3.05, 3.63) is 150 Å². The van der Waals surface area contributed by atoms with Gasteiger partial charge in [0.15, 0.2) is 0 Å². The Morgan fingerprint density at radius 2 is 1.25 bits per heavy atom. The van der Waals surface area contributed by atoms with Crippen LogP contribution in [0, 0.1) is 6.92 Å². The standard InChI is InChI=1S/C38H33NO/c1-27-13-22-36-33(25-27)23-24-38(40-36)37(2,3)34-11-7-8-12-35(34)39(38)26-28-14-16-30(17-15-28)32-20-18-31(19-21-32)29-9-5-4-6-10-29/h4-25H,26H2,1-3H3. The summed E-state index contributed by atoms with van der Waals surface area (Å²) in [5.74, 6) is 0.938. The van der Waals surface area contributed by atoms with E-state index in [0.29, 0.717) is 0 Å². The molecule has 1 spiro atoms. The number of fused-ring (bicyclic) bond motifs is 2. The van der Waals surface area contributed by atoms with Gasteiger partial charge in [0.1, 0.15) is 5.75 Å². The Balaban J connectivity index is 1.21. The van der Waals surface area contributed by atoms with Crippen molar-refractivity contribution in [3.63, 3.8) is 0 Å². The lowest BCUT2D eigenvalue weighted by atomic mass is 9.76. The second-order valence-corrected chi connectivity index (χ2v) is 11.5. The molecule has 0 saturated heterocycles. The Morgan fingerprint density at radius 1 is 0.650 bits per heavy atom. The molecule has 0 aromatic heterocycles. The van der Waals surface area contributed by atoms with Crippen LogP contribution in [0.5, 0.6) is 5.75 Å². The summed E-state index contributed by atoms with van der Waals surface area (Å²) < 4.78 is 7.00. The molecular weight excluding hydrogens is 486 g/mol. The molecule has 1 atom stereocenters. The lowest BCUT2D eigenvalue weighted by Crippen LogP contribution is -2.59. The van der Waals surface area contributed by atoms with Gasteiger partial charge in [0, 0.05) is 17.8 Å². The average molecular weight is 520 g/mol. The summed E-state index contributed by atoms with van der Waals surface area (Å²) >= 11 is 0. The molecule has 0 radical (unpaired) electrons. The van der Waals surface area contributed by atoms with Gasteiger partial charge in [-0.3, -0.25) is 0 Å². The topological polar surface area (TPSA) is 12.5 Å². The summed E-state index contributed by atoms with van der Waals surface area (Å²) in [5.41, 5.74) is 10.2. The van der Waals surface area contributed by atoms with Crippen LogP contribution in [0.4, 0.5) is 5.69 Å². The summed E-state index contributed by atoms with van der Waals surface area (Å²) in [6.45, 7) is 7.48. The minimum atomic E-state index is -0.620. The number of benzene rings is 5. The second kappa shape index (κ2) is 9.27. The Morgan fingerprint density at radius 3 is 1.95 bits per heavy atom. The molecule has 1 unspecified atom stereocenters. The summed E-state index contributed by atoms with van der Waals surface area (Å²) in [5, 5.41) is 0. The monoisotopic (exact) mass is 519 g/mol. The largest absolute Gasteiger partial charge is 0.463 e. The van der Waals surface area contributed by atoms with Gasteiger partial charge in [0.25, 0.3) is 0 Å². The number of ether oxygens (including phenoxy) is 1. The molecule has 0 N–H and O–H groups in total.